The van der Waals surface area contributed by atoms with Gasteiger partial charge in [0.05, 0.1) is 6.04 Å². The van der Waals surface area contributed by atoms with E-state index in [1.54, 1.807) is 12.4 Å². The van der Waals surface area contributed by atoms with Crippen LogP contribution in [0.4, 0.5) is 0 Å². The summed E-state index contributed by atoms with van der Waals surface area (Å²) < 4.78 is 5.83. The number of benzene rings is 3. The van der Waals surface area contributed by atoms with Gasteiger partial charge in [0.15, 0.2) is 0 Å². The van der Waals surface area contributed by atoms with Crippen LogP contribution >= 0.6 is 0 Å². The fourth-order valence-corrected chi connectivity index (χ4v) is 3.87. The zero-order valence-electron chi connectivity index (χ0n) is 18.7. The van der Waals surface area contributed by atoms with E-state index in [1.807, 2.05) is 79.7 Å². The van der Waals surface area contributed by atoms with Crippen LogP contribution in [-0.2, 0) is 11.4 Å². The monoisotopic (exact) mass is 436 g/mol. The van der Waals surface area contributed by atoms with Crippen LogP contribution in [-0.4, -0.2) is 10.9 Å². The van der Waals surface area contributed by atoms with Gasteiger partial charge in [0.1, 0.15) is 12.4 Å². The number of amides is 1. The predicted octanol–water partition coefficient (Wildman–Crippen LogP) is 6.06. The van der Waals surface area contributed by atoms with Gasteiger partial charge in [0.2, 0.25) is 5.91 Å². The summed E-state index contributed by atoms with van der Waals surface area (Å²) in [7, 11) is 0. The largest absolute Gasteiger partial charge is 0.489 e. The Labute approximate surface area is 195 Å². The Balaban J connectivity index is 1.37. The molecule has 1 heterocycles. The van der Waals surface area contributed by atoms with Gasteiger partial charge in [-0.2, -0.15) is 0 Å². The standard InChI is InChI=1S/C29H28N2O2/c1-22(24-14-16-27(17-15-24)33-21-23-9-8-18-30-20-23)31-29(32)19-28(25-10-4-2-5-11-25)26-12-6-3-7-13-26/h2-18,20,22,28H,19,21H2,1H3,(H,31,32). The molecule has 1 aromatic heterocycles. The Kier molecular flexibility index (Phi) is 7.49. The zero-order chi connectivity index (χ0) is 22.9. The molecule has 0 radical (unpaired) electrons. The number of nitrogens with one attached hydrogen (secondary N) is 1. The van der Waals surface area contributed by atoms with Crippen molar-refractivity contribution < 1.29 is 9.53 Å². The van der Waals surface area contributed by atoms with E-state index in [4.69, 9.17) is 4.74 Å². The van der Waals surface area contributed by atoms with E-state index in [-0.39, 0.29) is 17.9 Å². The summed E-state index contributed by atoms with van der Waals surface area (Å²) in [5, 5.41) is 3.16. The van der Waals surface area contributed by atoms with Gasteiger partial charge in [0, 0.05) is 30.3 Å². The lowest BCUT2D eigenvalue weighted by Crippen LogP contribution is -2.28. The van der Waals surface area contributed by atoms with Crippen LogP contribution in [0.1, 0.15) is 47.6 Å². The molecule has 1 unspecified atom stereocenters. The quantitative estimate of drug-likeness (QED) is 0.347. The summed E-state index contributed by atoms with van der Waals surface area (Å²) in [5.41, 5.74) is 4.34. The second kappa shape index (κ2) is 11.1. The molecule has 0 bridgehead atoms. The zero-order valence-corrected chi connectivity index (χ0v) is 18.7. The van der Waals surface area contributed by atoms with Gasteiger partial charge in [-0.15, -0.1) is 0 Å². The molecule has 1 atom stereocenters. The van der Waals surface area contributed by atoms with E-state index in [9.17, 15) is 4.79 Å². The second-order valence-electron chi connectivity index (χ2n) is 8.09. The molecule has 4 nitrogen and oxygen atoms in total. The van der Waals surface area contributed by atoms with Crippen LogP contribution in [0.2, 0.25) is 0 Å². The maximum absolute atomic E-state index is 13.0. The van der Waals surface area contributed by atoms with Crippen LogP contribution in [0.3, 0.4) is 0 Å². The van der Waals surface area contributed by atoms with E-state index >= 15 is 0 Å². The molecule has 0 spiro atoms. The van der Waals surface area contributed by atoms with Crippen molar-refractivity contribution in [1.82, 2.24) is 10.3 Å². The van der Waals surface area contributed by atoms with Crippen molar-refractivity contribution in [3.63, 3.8) is 0 Å². The molecular formula is C29H28N2O2. The van der Waals surface area contributed by atoms with Crippen molar-refractivity contribution in [2.45, 2.75) is 31.9 Å². The van der Waals surface area contributed by atoms with Gasteiger partial charge in [-0.05, 0) is 41.8 Å². The Bertz CT molecular complexity index is 1090. The number of rotatable bonds is 9. The first-order valence-electron chi connectivity index (χ1n) is 11.2. The average molecular weight is 437 g/mol. The number of hydrogen-bond donors (Lipinski definition) is 1. The first-order valence-corrected chi connectivity index (χ1v) is 11.2. The van der Waals surface area contributed by atoms with Crippen LogP contribution in [0.15, 0.2) is 109 Å². The highest BCUT2D eigenvalue weighted by Crippen LogP contribution is 2.28. The molecule has 0 aliphatic heterocycles. The summed E-state index contributed by atoms with van der Waals surface area (Å²) in [6, 6.07) is 32.0. The molecule has 0 aliphatic carbocycles. The van der Waals surface area contributed by atoms with Crippen LogP contribution in [0, 0.1) is 0 Å². The number of ether oxygens (including phenoxy) is 1. The maximum atomic E-state index is 13.0. The van der Waals surface area contributed by atoms with E-state index in [2.05, 4.69) is 34.6 Å². The lowest BCUT2D eigenvalue weighted by molar-refractivity contribution is -0.121. The highest BCUT2D eigenvalue weighted by molar-refractivity contribution is 5.78. The minimum atomic E-state index is -0.0999. The normalized spacial score (nSPS) is 11.7. The molecule has 0 aliphatic rings. The highest BCUT2D eigenvalue weighted by atomic mass is 16.5. The minimum Gasteiger partial charge on any atom is -0.489 e. The summed E-state index contributed by atoms with van der Waals surface area (Å²) in [5.74, 6) is 0.828. The molecule has 4 heteroatoms. The third-order valence-corrected chi connectivity index (χ3v) is 5.68. The number of hydrogen-bond acceptors (Lipinski definition) is 3. The Hall–Kier alpha value is -3.92. The highest BCUT2D eigenvalue weighted by Gasteiger charge is 2.19. The SMILES string of the molecule is CC(NC(=O)CC(c1ccccc1)c1ccccc1)c1ccc(OCc2cccnc2)cc1. The third kappa shape index (κ3) is 6.30. The number of nitrogens with zero attached hydrogens (tertiary/aromatic N) is 1. The number of aromatic nitrogens is 1. The number of carbonyl (C=O) groups is 1. The van der Waals surface area contributed by atoms with E-state index in [0.29, 0.717) is 13.0 Å². The summed E-state index contributed by atoms with van der Waals surface area (Å²) in [4.78, 5) is 17.1. The molecule has 33 heavy (non-hydrogen) atoms. The first kappa shape index (κ1) is 22.3. The van der Waals surface area contributed by atoms with E-state index < -0.39 is 0 Å². The van der Waals surface area contributed by atoms with Crippen molar-refractivity contribution >= 4 is 5.91 Å². The van der Waals surface area contributed by atoms with Gasteiger partial charge in [0.25, 0.3) is 0 Å². The van der Waals surface area contributed by atoms with Gasteiger partial charge in [-0.1, -0.05) is 78.9 Å². The molecule has 3 aromatic carbocycles. The van der Waals surface area contributed by atoms with Crippen molar-refractivity contribution in [2.24, 2.45) is 0 Å². The Morgan fingerprint density at radius 2 is 1.45 bits per heavy atom. The van der Waals surface area contributed by atoms with Crippen LogP contribution in [0.5, 0.6) is 5.75 Å². The third-order valence-electron chi connectivity index (χ3n) is 5.68. The Morgan fingerprint density at radius 3 is 2.03 bits per heavy atom. The van der Waals surface area contributed by atoms with E-state index in [1.165, 1.54) is 0 Å². The molecule has 4 rings (SSSR count). The fraction of sp³-hybridized carbons (Fsp3) is 0.172. The molecule has 0 saturated heterocycles. The van der Waals surface area contributed by atoms with Crippen molar-refractivity contribution in [1.29, 1.82) is 0 Å². The summed E-state index contributed by atoms with van der Waals surface area (Å²) >= 11 is 0. The number of carbonyl (C=O) groups excluding carboxylic acids is 1. The van der Waals surface area contributed by atoms with Crippen LogP contribution < -0.4 is 10.1 Å². The van der Waals surface area contributed by atoms with E-state index in [0.717, 1.165) is 28.0 Å². The molecule has 1 amide bonds. The molecule has 1 N–H and O–H groups in total. The molecule has 166 valence electrons. The maximum Gasteiger partial charge on any atom is 0.221 e. The lowest BCUT2D eigenvalue weighted by atomic mass is 9.88. The summed E-state index contributed by atoms with van der Waals surface area (Å²) in [6.07, 6.45) is 3.94. The van der Waals surface area contributed by atoms with Crippen LogP contribution in [0.25, 0.3) is 0 Å². The molecule has 4 aromatic rings. The topological polar surface area (TPSA) is 51.2 Å². The fourth-order valence-electron chi connectivity index (χ4n) is 3.87. The Morgan fingerprint density at radius 1 is 0.818 bits per heavy atom. The second-order valence-corrected chi connectivity index (χ2v) is 8.09. The van der Waals surface area contributed by atoms with Crippen molar-refractivity contribution in [3.8, 4) is 5.75 Å². The minimum absolute atomic E-state index is 0.0165. The van der Waals surface area contributed by atoms with Gasteiger partial charge in [-0.25, -0.2) is 0 Å². The molecule has 0 fully saturated rings. The van der Waals surface area contributed by atoms with Gasteiger partial charge in [-0.3, -0.25) is 9.78 Å². The predicted molar refractivity (Wildman–Crippen MR) is 131 cm³/mol. The van der Waals surface area contributed by atoms with Gasteiger partial charge >= 0.3 is 0 Å². The van der Waals surface area contributed by atoms with Crippen molar-refractivity contribution in [3.05, 3.63) is 132 Å². The smallest absolute Gasteiger partial charge is 0.221 e. The molecule has 0 saturated carbocycles. The summed E-state index contributed by atoms with van der Waals surface area (Å²) in [6.45, 7) is 2.48. The lowest BCUT2D eigenvalue weighted by Gasteiger charge is -2.20. The first-order chi connectivity index (χ1) is 16.2. The number of pyridine rings is 1. The molecular weight excluding hydrogens is 408 g/mol. The van der Waals surface area contributed by atoms with Crippen molar-refractivity contribution in [2.75, 3.05) is 0 Å². The van der Waals surface area contributed by atoms with Gasteiger partial charge < -0.3 is 10.1 Å². The average Bonchev–Trinajstić information content (AvgIpc) is 2.88.